The van der Waals surface area contributed by atoms with E-state index in [0.29, 0.717) is 29.6 Å². The Kier molecular flexibility index (Phi) is 7.39. The van der Waals surface area contributed by atoms with Gasteiger partial charge in [-0.2, -0.15) is 10.1 Å². The number of fused-ring (bicyclic) bond motifs is 1. The lowest BCUT2D eigenvalue weighted by Gasteiger charge is -2.27. The highest BCUT2D eigenvalue weighted by molar-refractivity contribution is 7.85. The summed E-state index contributed by atoms with van der Waals surface area (Å²) in [6.07, 6.45) is 8.72. The van der Waals surface area contributed by atoms with E-state index in [-0.39, 0.29) is 18.1 Å². The van der Waals surface area contributed by atoms with Crippen molar-refractivity contribution in [1.29, 1.82) is 0 Å². The lowest BCUT2D eigenvalue weighted by atomic mass is 10.1. The van der Waals surface area contributed by atoms with E-state index in [1.807, 2.05) is 38.3 Å². The number of hydrogen-bond donors (Lipinski definition) is 5. The minimum absolute atomic E-state index is 0.00522. The van der Waals surface area contributed by atoms with Crippen LogP contribution in [-0.2, 0) is 22.6 Å². The summed E-state index contributed by atoms with van der Waals surface area (Å²) in [5.74, 6) is 2.52. The van der Waals surface area contributed by atoms with Crippen molar-refractivity contribution in [1.82, 2.24) is 46.0 Å². The Morgan fingerprint density at radius 2 is 2.05 bits per heavy atom. The van der Waals surface area contributed by atoms with Gasteiger partial charge in [0.15, 0.2) is 5.82 Å². The lowest BCUT2D eigenvalue weighted by Crippen LogP contribution is -2.44. The first kappa shape index (κ1) is 25.2. The molecule has 0 radical (unpaired) electrons. The molecule has 5 rings (SSSR count). The number of carbonyl (C=O) groups is 1. The molecule has 0 spiro atoms. The number of rotatable bonds is 8. The van der Waals surface area contributed by atoms with E-state index in [4.69, 9.17) is 0 Å². The van der Waals surface area contributed by atoms with Crippen LogP contribution in [-0.4, -0.2) is 85.5 Å². The third kappa shape index (κ3) is 5.92. The summed E-state index contributed by atoms with van der Waals surface area (Å²) >= 11 is 0. The molecule has 0 saturated carbocycles. The molecule has 3 aliphatic rings. The summed E-state index contributed by atoms with van der Waals surface area (Å²) in [5.41, 5.74) is 6.50. The molecular formula is C23H33N11O2S. The van der Waals surface area contributed by atoms with Crippen LogP contribution in [0.4, 0.5) is 17.5 Å². The van der Waals surface area contributed by atoms with Gasteiger partial charge in [0.2, 0.25) is 5.95 Å². The van der Waals surface area contributed by atoms with Crippen LogP contribution in [0.25, 0.3) is 0 Å². The summed E-state index contributed by atoms with van der Waals surface area (Å²) in [6.45, 7) is 4.95. The van der Waals surface area contributed by atoms with Crippen LogP contribution in [0.5, 0.6) is 0 Å². The zero-order valence-corrected chi connectivity index (χ0v) is 22.0. The normalized spacial score (nSPS) is 22.1. The van der Waals surface area contributed by atoms with Crippen molar-refractivity contribution in [2.45, 2.75) is 19.1 Å². The van der Waals surface area contributed by atoms with Gasteiger partial charge in [0.25, 0.3) is 5.91 Å². The maximum Gasteiger partial charge on any atom is 0.252 e. The molecule has 1 saturated heterocycles. The first-order valence-corrected chi connectivity index (χ1v) is 13.8. The molecule has 5 heterocycles. The zero-order chi connectivity index (χ0) is 25.9. The van der Waals surface area contributed by atoms with Crippen LogP contribution >= 0.6 is 0 Å². The SMILES string of the molecule is CC1NC=C(C(=O)NCCN2CCS(=O)CC2)C=C1NC1NN(C)c2nc(Nc3cnn(C)c3)ncc21. The smallest absolute Gasteiger partial charge is 0.252 e. The van der Waals surface area contributed by atoms with Crippen LogP contribution in [0.2, 0.25) is 0 Å². The van der Waals surface area contributed by atoms with Crippen molar-refractivity contribution in [2.24, 2.45) is 7.05 Å². The molecule has 198 valence electrons. The van der Waals surface area contributed by atoms with Crippen molar-refractivity contribution >= 4 is 34.2 Å². The summed E-state index contributed by atoms with van der Waals surface area (Å²) in [4.78, 5) is 24.2. The van der Waals surface area contributed by atoms with Gasteiger partial charge >= 0.3 is 0 Å². The molecule has 14 heteroatoms. The minimum Gasteiger partial charge on any atom is -0.382 e. The van der Waals surface area contributed by atoms with Crippen molar-refractivity contribution in [2.75, 3.05) is 55.1 Å². The molecule has 0 bridgehead atoms. The van der Waals surface area contributed by atoms with Gasteiger partial charge in [-0.25, -0.2) is 10.4 Å². The lowest BCUT2D eigenvalue weighted by molar-refractivity contribution is -0.117. The number of carbonyl (C=O) groups excluding carboxylic acids is 1. The predicted octanol–water partition coefficient (Wildman–Crippen LogP) is -0.564. The molecule has 2 aromatic heterocycles. The fourth-order valence-electron chi connectivity index (χ4n) is 4.40. The monoisotopic (exact) mass is 527 g/mol. The second kappa shape index (κ2) is 10.9. The Morgan fingerprint density at radius 1 is 1.24 bits per heavy atom. The third-order valence-electron chi connectivity index (χ3n) is 6.53. The number of nitrogens with one attached hydrogen (secondary N) is 5. The van der Waals surface area contributed by atoms with E-state index in [2.05, 4.69) is 46.7 Å². The number of hydrogen-bond acceptors (Lipinski definition) is 11. The first-order valence-electron chi connectivity index (χ1n) is 12.3. The number of hydrazine groups is 1. The van der Waals surface area contributed by atoms with Gasteiger partial charge in [0, 0.05) is 86.9 Å². The predicted molar refractivity (Wildman–Crippen MR) is 142 cm³/mol. The highest BCUT2D eigenvalue weighted by Crippen LogP contribution is 2.30. The molecule has 2 unspecified atom stereocenters. The summed E-state index contributed by atoms with van der Waals surface area (Å²) in [5, 5.41) is 18.9. The number of amides is 1. The van der Waals surface area contributed by atoms with E-state index in [0.717, 1.165) is 42.4 Å². The fraction of sp³-hybridized carbons (Fsp3) is 0.478. The van der Waals surface area contributed by atoms with Crippen molar-refractivity contribution in [3.05, 3.63) is 47.7 Å². The minimum atomic E-state index is -0.697. The Labute approximate surface area is 218 Å². The first-order chi connectivity index (χ1) is 17.9. The molecule has 1 fully saturated rings. The molecule has 1 amide bonds. The molecule has 3 aliphatic heterocycles. The highest BCUT2D eigenvalue weighted by atomic mass is 32.2. The van der Waals surface area contributed by atoms with Gasteiger partial charge in [-0.15, -0.1) is 0 Å². The van der Waals surface area contributed by atoms with Gasteiger partial charge in [0.1, 0.15) is 6.17 Å². The number of anilines is 3. The number of dihydropyridines is 1. The molecule has 2 aromatic rings. The van der Waals surface area contributed by atoms with Crippen LogP contribution < -0.4 is 31.7 Å². The summed E-state index contributed by atoms with van der Waals surface area (Å²) in [7, 11) is 3.05. The number of aromatic nitrogens is 4. The maximum absolute atomic E-state index is 12.8. The largest absolute Gasteiger partial charge is 0.382 e. The van der Waals surface area contributed by atoms with E-state index in [1.54, 1.807) is 23.3 Å². The van der Waals surface area contributed by atoms with Gasteiger partial charge in [-0.1, -0.05) is 0 Å². The van der Waals surface area contributed by atoms with E-state index in [1.165, 1.54) is 0 Å². The molecule has 13 nitrogen and oxygen atoms in total. The topological polar surface area (TPSA) is 144 Å². The van der Waals surface area contributed by atoms with Gasteiger partial charge in [-0.05, 0) is 13.0 Å². The molecule has 0 aliphatic carbocycles. The second-order valence-electron chi connectivity index (χ2n) is 9.30. The van der Waals surface area contributed by atoms with Crippen LogP contribution in [0.1, 0.15) is 18.7 Å². The number of nitrogens with zero attached hydrogens (tertiary/aromatic N) is 6. The van der Waals surface area contributed by atoms with E-state index in [9.17, 15) is 9.00 Å². The zero-order valence-electron chi connectivity index (χ0n) is 21.2. The Hall–Kier alpha value is -3.49. The van der Waals surface area contributed by atoms with Crippen molar-refractivity contribution in [3.63, 3.8) is 0 Å². The number of aryl methyl sites for hydroxylation is 1. The maximum atomic E-state index is 12.8. The second-order valence-corrected chi connectivity index (χ2v) is 11.0. The van der Waals surface area contributed by atoms with Crippen LogP contribution in [0.3, 0.4) is 0 Å². The van der Waals surface area contributed by atoms with Gasteiger partial charge < -0.3 is 21.3 Å². The molecule has 37 heavy (non-hydrogen) atoms. The van der Waals surface area contributed by atoms with Crippen LogP contribution in [0, 0.1) is 0 Å². The van der Waals surface area contributed by atoms with E-state index < -0.39 is 10.8 Å². The van der Waals surface area contributed by atoms with Crippen molar-refractivity contribution < 1.29 is 9.00 Å². The molecule has 2 atom stereocenters. The molecule has 5 N–H and O–H groups in total. The van der Waals surface area contributed by atoms with Gasteiger partial charge in [0.05, 0.1) is 29.1 Å². The third-order valence-corrected chi connectivity index (χ3v) is 7.81. The Bertz CT molecular complexity index is 1230. The van der Waals surface area contributed by atoms with Gasteiger partial charge in [-0.3, -0.25) is 23.6 Å². The standard InChI is InChI=1S/C23H33N11O2S/c1-15-19(10-16(11-25-15)22(35)24-4-5-34-6-8-37(36)9-7-34)29-20-18-13-26-23(30-21(18)33(3)31-20)28-17-12-27-32(2)14-17/h10-15,20,25,29,31H,4-9H2,1-3H3,(H,24,35)(H,26,28,30). The quantitative estimate of drug-likeness (QED) is 0.301. The summed E-state index contributed by atoms with van der Waals surface area (Å²) in [6, 6.07) is -0.00522. The summed E-state index contributed by atoms with van der Waals surface area (Å²) < 4.78 is 13.2. The van der Waals surface area contributed by atoms with Crippen molar-refractivity contribution in [3.8, 4) is 0 Å². The molecular weight excluding hydrogens is 494 g/mol. The Balaban J connectivity index is 1.20. The molecule has 0 aromatic carbocycles. The highest BCUT2D eigenvalue weighted by Gasteiger charge is 2.30. The average molecular weight is 528 g/mol. The van der Waals surface area contributed by atoms with Crippen LogP contribution in [0.15, 0.2) is 42.1 Å². The van der Waals surface area contributed by atoms with E-state index >= 15 is 0 Å². The Morgan fingerprint density at radius 3 is 2.81 bits per heavy atom. The fourth-order valence-corrected chi connectivity index (χ4v) is 5.52. The average Bonchev–Trinajstić information content (AvgIpc) is 3.43.